The standard InChI is InChI=1S/C23H23ClFN5O3/c1-33-20-4-2-3-16(25)21(20)22-27-8-7-18(28-22)23(32)29-17-6-5-13(24)9-19(17)30-11-14(26)10-15(30)12-31/h2-9,14-15,31H,10-12,26H2,1H3,(H,29,32). The van der Waals surface area contributed by atoms with Crippen LogP contribution in [0.3, 0.4) is 0 Å². The number of aliphatic hydroxyl groups is 1. The number of ether oxygens (including phenoxy) is 1. The minimum atomic E-state index is -0.563. The second kappa shape index (κ2) is 9.70. The number of amides is 1. The predicted molar refractivity (Wildman–Crippen MR) is 124 cm³/mol. The third-order valence-electron chi connectivity index (χ3n) is 5.48. The van der Waals surface area contributed by atoms with E-state index in [0.717, 1.165) is 0 Å². The minimum absolute atomic E-state index is 0.0276. The Kier molecular flexibility index (Phi) is 6.73. The summed E-state index contributed by atoms with van der Waals surface area (Å²) in [5.74, 6) is -0.790. The number of methoxy groups -OCH3 is 1. The van der Waals surface area contributed by atoms with Crippen LogP contribution in [0.5, 0.6) is 5.75 Å². The van der Waals surface area contributed by atoms with Crippen LogP contribution in [0.2, 0.25) is 5.02 Å². The van der Waals surface area contributed by atoms with Gasteiger partial charge in [-0.25, -0.2) is 14.4 Å². The van der Waals surface area contributed by atoms with E-state index in [-0.39, 0.29) is 41.5 Å². The highest BCUT2D eigenvalue weighted by Gasteiger charge is 2.31. The molecule has 4 N–H and O–H groups in total. The monoisotopic (exact) mass is 471 g/mol. The molecular weight excluding hydrogens is 449 g/mol. The molecule has 0 radical (unpaired) electrons. The Hall–Kier alpha value is -3.27. The van der Waals surface area contributed by atoms with Gasteiger partial charge in [0.1, 0.15) is 17.3 Å². The summed E-state index contributed by atoms with van der Waals surface area (Å²) in [5, 5.41) is 13.1. The molecule has 3 aromatic rings. The summed E-state index contributed by atoms with van der Waals surface area (Å²) in [6, 6.07) is 10.6. The van der Waals surface area contributed by atoms with E-state index in [1.165, 1.54) is 31.5 Å². The van der Waals surface area contributed by atoms with E-state index < -0.39 is 11.7 Å². The number of halogens is 2. The second-order valence-electron chi connectivity index (χ2n) is 7.68. The highest BCUT2D eigenvalue weighted by atomic mass is 35.5. The van der Waals surface area contributed by atoms with Gasteiger partial charge in [0, 0.05) is 23.8 Å². The lowest BCUT2D eigenvalue weighted by molar-refractivity contribution is 0.102. The van der Waals surface area contributed by atoms with E-state index >= 15 is 0 Å². The summed E-state index contributed by atoms with van der Waals surface area (Å²) in [4.78, 5) is 23.3. The highest BCUT2D eigenvalue weighted by molar-refractivity contribution is 6.31. The molecule has 4 rings (SSSR count). The topological polar surface area (TPSA) is 114 Å². The first-order chi connectivity index (χ1) is 15.9. The molecule has 1 amide bonds. The number of nitrogens with one attached hydrogen (secondary N) is 1. The lowest BCUT2D eigenvalue weighted by Gasteiger charge is -2.27. The number of hydrogen-bond acceptors (Lipinski definition) is 7. The van der Waals surface area contributed by atoms with Gasteiger partial charge in [-0.05, 0) is 42.8 Å². The van der Waals surface area contributed by atoms with Crippen molar-refractivity contribution in [3.05, 3.63) is 65.2 Å². The number of aromatic nitrogens is 2. The Morgan fingerprint density at radius 3 is 2.94 bits per heavy atom. The number of nitrogens with two attached hydrogens (primary N) is 1. The van der Waals surface area contributed by atoms with Crippen molar-refractivity contribution < 1.29 is 19.0 Å². The first-order valence-corrected chi connectivity index (χ1v) is 10.7. The van der Waals surface area contributed by atoms with Gasteiger partial charge in [-0.3, -0.25) is 4.79 Å². The van der Waals surface area contributed by atoms with Crippen LogP contribution in [0.15, 0.2) is 48.7 Å². The van der Waals surface area contributed by atoms with Crippen molar-refractivity contribution in [1.82, 2.24) is 9.97 Å². The van der Waals surface area contributed by atoms with Crippen LogP contribution in [0.25, 0.3) is 11.4 Å². The van der Waals surface area contributed by atoms with Crippen LogP contribution >= 0.6 is 11.6 Å². The zero-order valence-corrected chi connectivity index (χ0v) is 18.6. The summed E-state index contributed by atoms with van der Waals surface area (Å²) in [5.41, 5.74) is 7.33. The quantitative estimate of drug-likeness (QED) is 0.506. The van der Waals surface area contributed by atoms with Crippen LogP contribution in [0.1, 0.15) is 16.9 Å². The molecule has 10 heteroatoms. The first kappa shape index (κ1) is 22.9. The van der Waals surface area contributed by atoms with Crippen LogP contribution < -0.4 is 20.7 Å². The number of hydrogen-bond donors (Lipinski definition) is 3. The largest absolute Gasteiger partial charge is 0.496 e. The number of carbonyl (C=O) groups is 1. The third kappa shape index (κ3) is 4.75. The molecule has 2 atom stereocenters. The second-order valence-corrected chi connectivity index (χ2v) is 8.12. The van der Waals surface area contributed by atoms with E-state index in [0.29, 0.717) is 29.4 Å². The fourth-order valence-electron chi connectivity index (χ4n) is 3.95. The normalized spacial score (nSPS) is 17.8. The molecule has 0 bridgehead atoms. The Morgan fingerprint density at radius 2 is 2.18 bits per heavy atom. The SMILES string of the molecule is COc1cccc(F)c1-c1nccc(C(=O)Nc2ccc(Cl)cc2N2CC(N)CC2CO)n1. The number of aliphatic hydroxyl groups excluding tert-OH is 1. The van der Waals surface area contributed by atoms with Crippen molar-refractivity contribution in [3.63, 3.8) is 0 Å². The Bertz CT molecular complexity index is 1180. The van der Waals surface area contributed by atoms with Gasteiger partial charge in [-0.1, -0.05) is 17.7 Å². The fourth-order valence-corrected chi connectivity index (χ4v) is 4.12. The first-order valence-electron chi connectivity index (χ1n) is 10.3. The molecular formula is C23H23ClFN5O3. The molecule has 172 valence electrons. The van der Waals surface area contributed by atoms with Crippen molar-refractivity contribution in [1.29, 1.82) is 0 Å². The summed E-state index contributed by atoms with van der Waals surface area (Å²) in [6.45, 7) is 0.437. The summed E-state index contributed by atoms with van der Waals surface area (Å²) in [7, 11) is 1.42. The van der Waals surface area contributed by atoms with Gasteiger partial charge in [0.25, 0.3) is 5.91 Å². The van der Waals surface area contributed by atoms with Gasteiger partial charge in [0.15, 0.2) is 5.82 Å². The van der Waals surface area contributed by atoms with Crippen molar-refractivity contribution in [3.8, 4) is 17.1 Å². The number of benzene rings is 2. The molecule has 1 saturated heterocycles. The van der Waals surface area contributed by atoms with E-state index in [1.54, 1.807) is 24.3 Å². The minimum Gasteiger partial charge on any atom is -0.496 e. The Morgan fingerprint density at radius 1 is 1.36 bits per heavy atom. The van der Waals surface area contributed by atoms with E-state index in [4.69, 9.17) is 22.1 Å². The van der Waals surface area contributed by atoms with Gasteiger partial charge >= 0.3 is 0 Å². The van der Waals surface area contributed by atoms with Crippen LogP contribution in [0.4, 0.5) is 15.8 Å². The third-order valence-corrected chi connectivity index (χ3v) is 5.72. The molecule has 1 fully saturated rings. The average Bonchev–Trinajstić information content (AvgIpc) is 3.20. The summed E-state index contributed by atoms with van der Waals surface area (Å²) < 4.78 is 19.7. The molecule has 2 aromatic carbocycles. The molecule has 0 aliphatic carbocycles. The molecule has 2 unspecified atom stereocenters. The zero-order chi connectivity index (χ0) is 23.5. The van der Waals surface area contributed by atoms with E-state index in [2.05, 4.69) is 15.3 Å². The maximum Gasteiger partial charge on any atom is 0.274 e. The lowest BCUT2D eigenvalue weighted by Crippen LogP contribution is -2.33. The zero-order valence-electron chi connectivity index (χ0n) is 17.8. The molecule has 1 aliphatic heterocycles. The van der Waals surface area contributed by atoms with Crippen molar-refractivity contribution in [2.24, 2.45) is 5.73 Å². The lowest BCUT2D eigenvalue weighted by atomic mass is 10.1. The number of nitrogens with zero attached hydrogens (tertiary/aromatic N) is 3. The number of carbonyl (C=O) groups excluding carboxylic acids is 1. The van der Waals surface area contributed by atoms with Crippen molar-refractivity contribution in [2.75, 3.05) is 30.5 Å². The molecule has 8 nitrogen and oxygen atoms in total. The Balaban J connectivity index is 1.65. The molecule has 0 spiro atoms. The van der Waals surface area contributed by atoms with Crippen molar-refractivity contribution in [2.45, 2.75) is 18.5 Å². The molecule has 2 heterocycles. The van der Waals surface area contributed by atoms with Gasteiger partial charge in [0.05, 0.1) is 36.7 Å². The van der Waals surface area contributed by atoms with Crippen LogP contribution in [-0.4, -0.2) is 53.3 Å². The molecule has 0 saturated carbocycles. The summed E-state index contributed by atoms with van der Waals surface area (Å²) in [6.07, 6.45) is 2.00. The van der Waals surface area contributed by atoms with E-state index in [1.807, 2.05) is 4.90 Å². The van der Waals surface area contributed by atoms with Gasteiger partial charge in [-0.15, -0.1) is 0 Å². The van der Waals surface area contributed by atoms with Gasteiger partial charge in [0.2, 0.25) is 0 Å². The molecule has 33 heavy (non-hydrogen) atoms. The average molecular weight is 472 g/mol. The maximum absolute atomic E-state index is 14.5. The Labute approximate surface area is 195 Å². The van der Waals surface area contributed by atoms with Gasteiger partial charge in [-0.2, -0.15) is 0 Å². The fraction of sp³-hybridized carbons (Fsp3) is 0.261. The highest BCUT2D eigenvalue weighted by Crippen LogP contribution is 2.35. The predicted octanol–water partition coefficient (Wildman–Crippen LogP) is 3.10. The maximum atomic E-state index is 14.5. The van der Waals surface area contributed by atoms with Crippen LogP contribution in [-0.2, 0) is 0 Å². The number of rotatable bonds is 6. The molecule has 1 aliphatic rings. The van der Waals surface area contributed by atoms with Crippen molar-refractivity contribution >= 4 is 28.9 Å². The summed E-state index contributed by atoms with van der Waals surface area (Å²) >= 11 is 6.21. The van der Waals surface area contributed by atoms with Gasteiger partial charge < -0.3 is 25.8 Å². The van der Waals surface area contributed by atoms with Crippen LogP contribution in [0, 0.1) is 5.82 Å². The van der Waals surface area contributed by atoms with E-state index in [9.17, 15) is 14.3 Å². The smallest absolute Gasteiger partial charge is 0.274 e. The molecule has 1 aromatic heterocycles. The number of anilines is 2.